The van der Waals surface area contributed by atoms with E-state index < -0.39 is 11.5 Å². The minimum Gasteiger partial charge on any atom is -0.395 e. The second-order valence-electron chi connectivity index (χ2n) is 9.76. The van der Waals surface area contributed by atoms with Crippen LogP contribution in [0, 0.1) is 5.82 Å². The van der Waals surface area contributed by atoms with Crippen molar-refractivity contribution in [2.45, 2.75) is 51.2 Å². The maximum atomic E-state index is 15.0. The predicted octanol–water partition coefficient (Wildman–Crippen LogP) is 3.64. The van der Waals surface area contributed by atoms with Gasteiger partial charge in [-0.3, -0.25) is 4.57 Å². The highest BCUT2D eigenvalue weighted by Crippen LogP contribution is 2.31. The number of hydrogen-bond donors (Lipinski definition) is 5. The molecule has 0 unspecified atom stereocenters. The molecular formula is C28H34ClFN6O2. The minimum absolute atomic E-state index is 0.0319. The third-order valence-electron chi connectivity index (χ3n) is 6.48. The highest BCUT2D eigenvalue weighted by Gasteiger charge is 2.15. The van der Waals surface area contributed by atoms with E-state index in [1.807, 2.05) is 31.2 Å². The van der Waals surface area contributed by atoms with Gasteiger partial charge in [-0.25, -0.2) is 9.18 Å². The Hall–Kier alpha value is -3.08. The average molecular weight is 541 g/mol. The molecule has 4 aromatic rings. The zero-order chi connectivity index (χ0) is 27.2. The van der Waals surface area contributed by atoms with Crippen LogP contribution in [0.2, 0.25) is 5.02 Å². The van der Waals surface area contributed by atoms with Gasteiger partial charge in [-0.05, 0) is 80.6 Å². The van der Waals surface area contributed by atoms with Crippen molar-refractivity contribution in [1.82, 2.24) is 19.9 Å². The molecule has 0 aliphatic carbocycles. The first kappa shape index (κ1) is 27.9. The van der Waals surface area contributed by atoms with Gasteiger partial charge >= 0.3 is 5.69 Å². The minimum atomic E-state index is -0.521. The number of aryl methyl sites for hydroxylation is 1. The normalized spacial score (nSPS) is 13.2. The Balaban J connectivity index is 1.54. The molecule has 8 nitrogen and oxygen atoms in total. The maximum Gasteiger partial charge on any atom is 0.354 e. The molecule has 0 aliphatic rings. The highest BCUT2D eigenvalue weighted by molar-refractivity contribution is 6.31. The summed E-state index contributed by atoms with van der Waals surface area (Å²) < 4.78 is 16.5. The van der Waals surface area contributed by atoms with Crippen molar-refractivity contribution >= 4 is 22.6 Å². The molecule has 38 heavy (non-hydrogen) atoms. The van der Waals surface area contributed by atoms with Crippen molar-refractivity contribution in [3.05, 3.63) is 81.1 Å². The number of rotatable bonds is 12. The monoisotopic (exact) mass is 540 g/mol. The lowest BCUT2D eigenvalue weighted by Gasteiger charge is -2.10. The summed E-state index contributed by atoms with van der Waals surface area (Å²) in [7, 11) is 0. The Bertz CT molecular complexity index is 1430. The smallest absolute Gasteiger partial charge is 0.354 e. The van der Waals surface area contributed by atoms with Gasteiger partial charge in [-0.2, -0.15) is 4.98 Å². The van der Waals surface area contributed by atoms with Crippen molar-refractivity contribution in [3.8, 4) is 16.9 Å². The number of nitrogens with zero attached hydrogens (tertiary/aromatic N) is 2. The Morgan fingerprint density at radius 2 is 1.92 bits per heavy atom. The summed E-state index contributed by atoms with van der Waals surface area (Å²) in [5.41, 5.74) is 15.0. The van der Waals surface area contributed by atoms with E-state index in [1.165, 1.54) is 4.57 Å². The van der Waals surface area contributed by atoms with Gasteiger partial charge in [0.15, 0.2) is 5.82 Å². The zero-order valence-electron chi connectivity index (χ0n) is 21.4. The maximum absolute atomic E-state index is 15.0. The van der Waals surface area contributed by atoms with Gasteiger partial charge < -0.3 is 26.9 Å². The van der Waals surface area contributed by atoms with Crippen LogP contribution >= 0.6 is 11.6 Å². The summed E-state index contributed by atoms with van der Waals surface area (Å²) >= 11 is 6.21. The topological polar surface area (TPSA) is 135 Å². The molecule has 0 bridgehead atoms. The summed E-state index contributed by atoms with van der Waals surface area (Å²) in [5, 5.41) is 13.0. The molecule has 2 aromatic carbocycles. The van der Waals surface area contributed by atoms with Crippen molar-refractivity contribution in [1.29, 1.82) is 0 Å². The molecule has 0 aliphatic heterocycles. The number of aliphatic hydroxyl groups excluding tert-OH is 1. The number of hydrogen-bond acceptors (Lipinski definition) is 6. The molecule has 0 radical (unpaired) electrons. The van der Waals surface area contributed by atoms with E-state index >= 15 is 0 Å². The first-order valence-electron chi connectivity index (χ1n) is 12.8. The molecule has 2 aromatic heterocycles. The Morgan fingerprint density at radius 3 is 2.63 bits per heavy atom. The molecule has 7 N–H and O–H groups in total. The molecule has 202 valence electrons. The van der Waals surface area contributed by atoms with Gasteiger partial charge in [-0.15, -0.1) is 0 Å². The van der Waals surface area contributed by atoms with Crippen LogP contribution in [-0.2, 0) is 13.0 Å². The van der Waals surface area contributed by atoms with E-state index in [4.69, 9.17) is 28.2 Å². The lowest BCUT2D eigenvalue weighted by Crippen LogP contribution is -2.29. The second-order valence-corrected chi connectivity index (χ2v) is 10.2. The van der Waals surface area contributed by atoms with Crippen LogP contribution < -0.4 is 22.5 Å². The molecule has 0 fully saturated rings. The lowest BCUT2D eigenvalue weighted by atomic mass is 10.0. The summed E-state index contributed by atoms with van der Waals surface area (Å²) in [4.78, 5) is 20.1. The quantitative estimate of drug-likeness (QED) is 0.174. The standard InChI is InChI=1S/C28H34ClFN6O2/c1-17(31)3-2-4-19-11-23(26(30)24(29)12-19)25-13-20-15-36(28(38)35-27(20)34-25)22-7-5-18(6-8-22)14-33-10-9-21(32)16-37/h5-8,11-13,15,17,21,33,37H,2-4,9-10,14,16,31-32H2,1H3,(H,34,35,38)/t17-,21-/m0/s1. The van der Waals surface area contributed by atoms with Gasteiger partial charge in [0.2, 0.25) is 0 Å². The number of nitrogens with two attached hydrogens (primary N) is 2. The SMILES string of the molecule is C[C@H](N)CCCc1cc(Cl)c(F)c(-c2cc3cn(-c4ccc(CNCC[C@H](N)CO)cc4)c(=O)nc3[nH]2)c1. The third-order valence-corrected chi connectivity index (χ3v) is 6.76. The fourth-order valence-corrected chi connectivity index (χ4v) is 4.57. The number of benzene rings is 2. The van der Waals surface area contributed by atoms with E-state index in [2.05, 4.69) is 15.3 Å². The largest absolute Gasteiger partial charge is 0.395 e. The number of aromatic amines is 1. The van der Waals surface area contributed by atoms with Gasteiger partial charge in [0.05, 0.1) is 23.0 Å². The van der Waals surface area contributed by atoms with Crippen LogP contribution in [0.15, 0.2) is 53.5 Å². The fourth-order valence-electron chi connectivity index (χ4n) is 4.32. The molecule has 10 heteroatoms. The molecule has 4 rings (SSSR count). The predicted molar refractivity (Wildman–Crippen MR) is 150 cm³/mol. The van der Waals surface area contributed by atoms with Crippen molar-refractivity contribution < 1.29 is 9.50 Å². The number of halogens is 2. The van der Waals surface area contributed by atoms with Crippen LogP contribution in [0.25, 0.3) is 28.0 Å². The van der Waals surface area contributed by atoms with E-state index in [1.54, 1.807) is 24.4 Å². The van der Waals surface area contributed by atoms with E-state index in [0.29, 0.717) is 47.5 Å². The summed E-state index contributed by atoms with van der Waals surface area (Å²) in [5.74, 6) is -0.521. The Labute approximate surface area is 225 Å². The second kappa shape index (κ2) is 12.6. The van der Waals surface area contributed by atoms with Crippen LogP contribution in [-0.4, -0.2) is 44.9 Å². The van der Waals surface area contributed by atoms with Gasteiger partial charge in [0, 0.05) is 35.8 Å². The van der Waals surface area contributed by atoms with Crippen molar-refractivity contribution in [2.75, 3.05) is 13.2 Å². The molecular weight excluding hydrogens is 507 g/mol. The molecule has 0 saturated heterocycles. The van der Waals surface area contributed by atoms with E-state index in [0.717, 1.165) is 30.4 Å². The van der Waals surface area contributed by atoms with Gasteiger partial charge in [0.1, 0.15) is 5.65 Å². The van der Waals surface area contributed by atoms with Crippen molar-refractivity contribution in [2.24, 2.45) is 11.5 Å². The number of aliphatic hydroxyl groups is 1. The Morgan fingerprint density at radius 1 is 1.16 bits per heavy atom. The third kappa shape index (κ3) is 6.86. The van der Waals surface area contributed by atoms with Gasteiger partial charge in [0.25, 0.3) is 0 Å². The van der Waals surface area contributed by atoms with Crippen LogP contribution in [0.3, 0.4) is 0 Å². The number of aromatic nitrogens is 3. The number of fused-ring (bicyclic) bond motifs is 1. The van der Waals surface area contributed by atoms with Crippen LogP contribution in [0.5, 0.6) is 0 Å². The molecule has 0 saturated carbocycles. The van der Waals surface area contributed by atoms with E-state index in [9.17, 15) is 9.18 Å². The first-order chi connectivity index (χ1) is 18.2. The molecule has 2 atom stereocenters. The summed E-state index contributed by atoms with van der Waals surface area (Å²) in [6, 6.07) is 12.6. The van der Waals surface area contributed by atoms with Gasteiger partial charge in [-0.1, -0.05) is 23.7 Å². The molecule has 2 heterocycles. The average Bonchev–Trinajstić information content (AvgIpc) is 3.30. The molecule has 0 spiro atoms. The Kier molecular flexibility index (Phi) is 9.30. The highest BCUT2D eigenvalue weighted by atomic mass is 35.5. The summed E-state index contributed by atoms with van der Waals surface area (Å²) in [6.07, 6.45) is 4.85. The summed E-state index contributed by atoms with van der Waals surface area (Å²) in [6.45, 7) is 3.27. The lowest BCUT2D eigenvalue weighted by molar-refractivity contribution is 0.259. The number of H-pyrrole nitrogens is 1. The van der Waals surface area contributed by atoms with Crippen LogP contribution in [0.4, 0.5) is 4.39 Å². The van der Waals surface area contributed by atoms with Crippen LogP contribution in [0.1, 0.15) is 37.3 Å². The fraction of sp³-hybridized carbons (Fsp3) is 0.357. The first-order valence-corrected chi connectivity index (χ1v) is 13.2. The van der Waals surface area contributed by atoms with E-state index in [-0.39, 0.29) is 23.7 Å². The van der Waals surface area contributed by atoms with Crippen molar-refractivity contribution in [3.63, 3.8) is 0 Å². The molecule has 0 amide bonds. The number of nitrogens with one attached hydrogen (secondary N) is 2. The zero-order valence-corrected chi connectivity index (χ0v) is 22.1.